The Morgan fingerprint density at radius 1 is 1.15 bits per heavy atom. The predicted octanol–water partition coefficient (Wildman–Crippen LogP) is 3.10. The Kier molecular flexibility index (Phi) is 7.84. The Morgan fingerprint density at radius 3 is 2.68 bits per heavy atom. The minimum absolute atomic E-state index is 0.0478. The van der Waals surface area contributed by atoms with Crippen molar-refractivity contribution in [2.24, 2.45) is 0 Å². The van der Waals surface area contributed by atoms with Crippen LogP contribution in [0, 0.1) is 0 Å². The minimum Gasteiger partial charge on any atom is -0.472 e. The van der Waals surface area contributed by atoms with Gasteiger partial charge in [0.15, 0.2) is 0 Å². The normalized spacial score (nSPS) is 15.1. The number of piperidine rings is 1. The molecular formula is C25H28N4O4S. The molecule has 3 aromatic rings. The van der Waals surface area contributed by atoms with Crippen LogP contribution in [-0.2, 0) is 4.79 Å². The monoisotopic (exact) mass is 480 g/mol. The maximum Gasteiger partial charge on any atom is 0.270 e. The number of amides is 3. The fourth-order valence-corrected chi connectivity index (χ4v) is 4.50. The Bertz CT molecular complexity index is 1140. The number of hydrogen-bond acceptors (Lipinski definition) is 6. The number of nitrogens with one attached hydrogen (secondary N) is 2. The molecule has 3 heterocycles. The number of aromatic nitrogens is 1. The summed E-state index contributed by atoms with van der Waals surface area (Å²) in [7, 11) is 0. The molecule has 0 unspecified atom stereocenters. The quantitative estimate of drug-likeness (QED) is 0.513. The number of rotatable bonds is 8. The van der Waals surface area contributed by atoms with Crippen molar-refractivity contribution in [1.29, 1.82) is 0 Å². The molecule has 1 aliphatic heterocycles. The van der Waals surface area contributed by atoms with Gasteiger partial charge in [0.1, 0.15) is 18.0 Å². The van der Waals surface area contributed by atoms with Crippen molar-refractivity contribution in [2.45, 2.75) is 31.3 Å². The molecule has 0 saturated carbocycles. The zero-order valence-electron chi connectivity index (χ0n) is 19.0. The Morgan fingerprint density at radius 2 is 1.94 bits per heavy atom. The zero-order valence-corrected chi connectivity index (χ0v) is 19.8. The summed E-state index contributed by atoms with van der Waals surface area (Å²) >= 11 is 1.62. The van der Waals surface area contributed by atoms with Crippen LogP contribution in [0.3, 0.4) is 0 Å². The van der Waals surface area contributed by atoms with E-state index in [1.54, 1.807) is 28.8 Å². The number of nitrogens with zero attached hydrogens (tertiary/aromatic N) is 2. The number of benzene rings is 1. The maximum absolute atomic E-state index is 13.1. The molecule has 34 heavy (non-hydrogen) atoms. The van der Waals surface area contributed by atoms with Crippen LogP contribution in [0.4, 0.5) is 0 Å². The van der Waals surface area contributed by atoms with E-state index in [0.717, 1.165) is 16.7 Å². The van der Waals surface area contributed by atoms with Gasteiger partial charge in [-0.1, -0.05) is 24.3 Å². The van der Waals surface area contributed by atoms with Gasteiger partial charge in [0.2, 0.25) is 5.91 Å². The SMILES string of the molecule is CSCC[C@@H](NC(=O)c1ccc2ccccc2n1)C(=O)NC1CCN(C(=O)c2ccoc2)CC1. The molecule has 0 aliphatic carbocycles. The lowest BCUT2D eigenvalue weighted by atomic mass is 10.0. The molecule has 0 bridgehead atoms. The molecule has 4 rings (SSSR count). The summed E-state index contributed by atoms with van der Waals surface area (Å²) < 4.78 is 5.00. The second-order valence-electron chi connectivity index (χ2n) is 8.28. The van der Waals surface area contributed by atoms with Gasteiger partial charge in [-0.05, 0) is 49.5 Å². The second kappa shape index (κ2) is 11.2. The van der Waals surface area contributed by atoms with Crippen molar-refractivity contribution in [3.8, 4) is 0 Å². The van der Waals surface area contributed by atoms with Gasteiger partial charge in [-0.25, -0.2) is 4.98 Å². The molecule has 1 atom stereocenters. The number of furan rings is 1. The summed E-state index contributed by atoms with van der Waals surface area (Å²) in [6.45, 7) is 1.11. The van der Waals surface area contributed by atoms with E-state index in [-0.39, 0.29) is 29.5 Å². The Labute approximate surface area is 202 Å². The molecule has 1 fully saturated rings. The first kappa shape index (κ1) is 23.8. The van der Waals surface area contributed by atoms with Crippen LogP contribution in [0.2, 0.25) is 0 Å². The van der Waals surface area contributed by atoms with Gasteiger partial charge < -0.3 is 20.0 Å². The van der Waals surface area contributed by atoms with Crippen molar-refractivity contribution in [2.75, 3.05) is 25.1 Å². The number of hydrogen-bond donors (Lipinski definition) is 2. The van der Waals surface area contributed by atoms with Crippen LogP contribution in [-0.4, -0.2) is 64.8 Å². The van der Waals surface area contributed by atoms with Crippen molar-refractivity contribution in [3.63, 3.8) is 0 Å². The number of fused-ring (bicyclic) bond motifs is 1. The van der Waals surface area contributed by atoms with E-state index < -0.39 is 6.04 Å². The molecule has 1 saturated heterocycles. The second-order valence-corrected chi connectivity index (χ2v) is 9.27. The van der Waals surface area contributed by atoms with Crippen molar-refractivity contribution in [1.82, 2.24) is 20.5 Å². The summed E-state index contributed by atoms with van der Waals surface area (Å²) in [6.07, 6.45) is 6.73. The van der Waals surface area contributed by atoms with Crippen LogP contribution in [0.1, 0.15) is 40.1 Å². The molecule has 0 spiro atoms. The molecule has 0 radical (unpaired) electrons. The first-order valence-corrected chi connectivity index (χ1v) is 12.7. The van der Waals surface area contributed by atoms with Crippen LogP contribution in [0.15, 0.2) is 59.4 Å². The first-order chi connectivity index (χ1) is 16.5. The third-order valence-electron chi connectivity index (χ3n) is 5.96. The van der Waals surface area contributed by atoms with Gasteiger partial charge in [-0.3, -0.25) is 14.4 Å². The highest BCUT2D eigenvalue weighted by molar-refractivity contribution is 7.98. The highest BCUT2D eigenvalue weighted by Gasteiger charge is 2.28. The Hall–Kier alpha value is -3.33. The lowest BCUT2D eigenvalue weighted by Crippen LogP contribution is -2.53. The molecule has 9 heteroatoms. The van der Waals surface area contributed by atoms with E-state index in [2.05, 4.69) is 15.6 Å². The van der Waals surface area contributed by atoms with E-state index >= 15 is 0 Å². The van der Waals surface area contributed by atoms with Crippen LogP contribution in [0.5, 0.6) is 0 Å². The molecule has 178 valence electrons. The minimum atomic E-state index is -0.654. The molecule has 1 aliphatic rings. The van der Waals surface area contributed by atoms with Gasteiger partial charge in [0.05, 0.1) is 17.3 Å². The number of pyridine rings is 1. The van der Waals surface area contributed by atoms with E-state index in [1.807, 2.05) is 36.6 Å². The van der Waals surface area contributed by atoms with E-state index in [0.29, 0.717) is 37.9 Å². The molecular weight excluding hydrogens is 452 g/mol. The summed E-state index contributed by atoms with van der Waals surface area (Å²) in [6, 6.07) is 12.1. The fourth-order valence-electron chi connectivity index (χ4n) is 4.03. The van der Waals surface area contributed by atoms with E-state index in [4.69, 9.17) is 4.42 Å². The fraction of sp³-hybridized carbons (Fsp3) is 0.360. The summed E-state index contributed by atoms with van der Waals surface area (Å²) in [5.41, 5.74) is 1.55. The molecule has 2 aromatic heterocycles. The summed E-state index contributed by atoms with van der Waals surface area (Å²) in [5, 5.41) is 6.89. The number of thioether (sulfide) groups is 1. The van der Waals surface area contributed by atoms with Crippen LogP contribution in [0.25, 0.3) is 10.9 Å². The lowest BCUT2D eigenvalue weighted by molar-refractivity contribution is -0.124. The predicted molar refractivity (Wildman–Crippen MR) is 132 cm³/mol. The largest absolute Gasteiger partial charge is 0.472 e. The van der Waals surface area contributed by atoms with Gasteiger partial charge in [0.25, 0.3) is 11.8 Å². The van der Waals surface area contributed by atoms with Gasteiger partial charge in [-0.15, -0.1) is 0 Å². The molecule has 8 nitrogen and oxygen atoms in total. The highest BCUT2D eigenvalue weighted by Crippen LogP contribution is 2.16. The van der Waals surface area contributed by atoms with E-state index in [9.17, 15) is 14.4 Å². The van der Waals surface area contributed by atoms with E-state index in [1.165, 1.54) is 12.5 Å². The Balaban J connectivity index is 1.34. The average Bonchev–Trinajstić information content (AvgIpc) is 3.41. The van der Waals surface area contributed by atoms with Crippen LogP contribution < -0.4 is 10.6 Å². The number of likely N-dealkylation sites (tertiary alicyclic amines) is 1. The molecule has 2 N–H and O–H groups in total. The molecule has 1 aromatic carbocycles. The zero-order chi connectivity index (χ0) is 23.9. The maximum atomic E-state index is 13.1. The van der Waals surface area contributed by atoms with Crippen molar-refractivity contribution >= 4 is 40.4 Å². The number of carbonyl (C=O) groups excluding carboxylic acids is 3. The number of para-hydroxylation sites is 1. The third-order valence-corrected chi connectivity index (χ3v) is 6.60. The van der Waals surface area contributed by atoms with Crippen molar-refractivity contribution in [3.05, 3.63) is 66.2 Å². The standard InChI is InChI=1S/C25H28N4O4S/c1-34-15-11-22(28-24(31)21-7-6-17-4-2-3-5-20(17)27-21)23(30)26-19-8-12-29(13-9-19)25(32)18-10-14-33-16-18/h2-7,10,14,16,19,22H,8-9,11-13,15H2,1H3,(H,26,30)(H,28,31)/t22-/m1/s1. The topological polar surface area (TPSA) is 105 Å². The highest BCUT2D eigenvalue weighted by atomic mass is 32.2. The third kappa shape index (κ3) is 5.77. The number of carbonyl (C=O) groups is 3. The van der Waals surface area contributed by atoms with Gasteiger partial charge >= 0.3 is 0 Å². The van der Waals surface area contributed by atoms with Crippen LogP contribution >= 0.6 is 11.8 Å². The van der Waals surface area contributed by atoms with Gasteiger partial charge in [0, 0.05) is 24.5 Å². The smallest absolute Gasteiger partial charge is 0.270 e. The first-order valence-electron chi connectivity index (χ1n) is 11.3. The summed E-state index contributed by atoms with van der Waals surface area (Å²) in [5.74, 6) is 0.100. The average molecular weight is 481 g/mol. The van der Waals surface area contributed by atoms with Crippen molar-refractivity contribution < 1.29 is 18.8 Å². The van der Waals surface area contributed by atoms with Gasteiger partial charge in [-0.2, -0.15) is 11.8 Å². The molecule has 3 amide bonds. The summed E-state index contributed by atoms with van der Waals surface area (Å²) in [4.78, 5) is 44.6. The lowest BCUT2D eigenvalue weighted by Gasteiger charge is -2.33.